The van der Waals surface area contributed by atoms with Gasteiger partial charge in [-0.2, -0.15) is 0 Å². The van der Waals surface area contributed by atoms with Crippen molar-refractivity contribution in [1.82, 2.24) is 5.32 Å². The molecule has 84 valence electrons. The first-order valence-electron chi connectivity index (χ1n) is 5.30. The van der Waals surface area contributed by atoms with Crippen LogP contribution in [0.1, 0.15) is 25.7 Å². The maximum Gasteiger partial charge on any atom is 0.0724 e. The highest BCUT2D eigenvalue weighted by atomic mass is 32.2. The third kappa shape index (κ3) is 4.07. The monoisotopic (exact) mass is 219 g/mol. The molecule has 3 nitrogen and oxygen atoms in total. The van der Waals surface area contributed by atoms with Gasteiger partial charge in [0.25, 0.3) is 0 Å². The van der Waals surface area contributed by atoms with E-state index in [0.717, 1.165) is 18.7 Å². The average Bonchev–Trinajstić information content (AvgIpc) is 2.18. The second-order valence-corrected chi connectivity index (χ2v) is 5.45. The Morgan fingerprint density at radius 2 is 2.14 bits per heavy atom. The lowest BCUT2D eigenvalue weighted by atomic mass is 9.92. The van der Waals surface area contributed by atoms with E-state index < -0.39 is 10.8 Å². The number of hydrogen-bond acceptors (Lipinski definition) is 3. The molecule has 1 aliphatic carbocycles. The van der Waals surface area contributed by atoms with E-state index >= 15 is 0 Å². The molecule has 0 heterocycles. The van der Waals surface area contributed by atoms with Crippen LogP contribution in [0, 0.1) is 0 Å². The van der Waals surface area contributed by atoms with Gasteiger partial charge in [0, 0.05) is 42.5 Å². The molecule has 1 rings (SSSR count). The Hall–Kier alpha value is 0.0700. The van der Waals surface area contributed by atoms with Crippen LogP contribution < -0.4 is 5.32 Å². The van der Waals surface area contributed by atoms with Crippen LogP contribution in [-0.2, 0) is 15.5 Å². The highest BCUT2D eigenvalue weighted by Crippen LogP contribution is 2.20. The van der Waals surface area contributed by atoms with E-state index in [9.17, 15) is 4.21 Å². The van der Waals surface area contributed by atoms with Crippen molar-refractivity contribution < 1.29 is 8.95 Å². The summed E-state index contributed by atoms with van der Waals surface area (Å²) in [6.07, 6.45) is 7.01. The molecule has 14 heavy (non-hydrogen) atoms. The fourth-order valence-electron chi connectivity index (χ4n) is 2.00. The van der Waals surface area contributed by atoms with Gasteiger partial charge < -0.3 is 10.1 Å². The predicted octanol–water partition coefficient (Wildman–Crippen LogP) is 0.912. The van der Waals surface area contributed by atoms with E-state index in [2.05, 4.69) is 5.32 Å². The van der Waals surface area contributed by atoms with E-state index in [4.69, 9.17) is 4.74 Å². The minimum Gasteiger partial charge on any atom is -0.380 e. The van der Waals surface area contributed by atoms with Gasteiger partial charge in [-0.3, -0.25) is 4.21 Å². The molecule has 0 aromatic heterocycles. The van der Waals surface area contributed by atoms with Gasteiger partial charge in [-0.25, -0.2) is 0 Å². The van der Waals surface area contributed by atoms with Gasteiger partial charge in [0.05, 0.1) is 6.10 Å². The van der Waals surface area contributed by atoms with Crippen molar-refractivity contribution in [2.45, 2.75) is 37.8 Å². The molecule has 3 atom stereocenters. The van der Waals surface area contributed by atoms with Crippen molar-refractivity contribution >= 4 is 10.8 Å². The normalized spacial score (nSPS) is 30.1. The number of rotatable bonds is 5. The zero-order valence-electron chi connectivity index (χ0n) is 9.12. The minimum absolute atomic E-state index is 0.356. The third-order valence-corrected chi connectivity index (χ3v) is 3.58. The molecule has 0 aromatic rings. The van der Waals surface area contributed by atoms with Gasteiger partial charge in [0.1, 0.15) is 0 Å². The highest BCUT2D eigenvalue weighted by molar-refractivity contribution is 7.84. The Balaban J connectivity index is 2.22. The van der Waals surface area contributed by atoms with Crippen molar-refractivity contribution in [3.8, 4) is 0 Å². The summed E-state index contributed by atoms with van der Waals surface area (Å²) in [5.41, 5.74) is 0. The molecular weight excluding hydrogens is 198 g/mol. The molecule has 0 spiro atoms. The largest absolute Gasteiger partial charge is 0.380 e. The van der Waals surface area contributed by atoms with Gasteiger partial charge >= 0.3 is 0 Å². The molecule has 0 bridgehead atoms. The van der Waals surface area contributed by atoms with Crippen molar-refractivity contribution in [3.05, 3.63) is 0 Å². The summed E-state index contributed by atoms with van der Waals surface area (Å²) in [5, 5.41) is 3.44. The van der Waals surface area contributed by atoms with Crippen molar-refractivity contribution in [2.75, 3.05) is 25.7 Å². The second kappa shape index (κ2) is 6.53. The van der Waals surface area contributed by atoms with E-state index in [1.165, 1.54) is 19.3 Å². The summed E-state index contributed by atoms with van der Waals surface area (Å²) in [6.45, 7) is 0.841. The zero-order chi connectivity index (χ0) is 10.4. The molecule has 0 radical (unpaired) electrons. The first-order valence-corrected chi connectivity index (χ1v) is 7.03. The van der Waals surface area contributed by atoms with Crippen LogP contribution in [0.4, 0.5) is 0 Å². The van der Waals surface area contributed by atoms with Crippen LogP contribution in [0.25, 0.3) is 0 Å². The molecule has 1 aliphatic rings. The summed E-state index contributed by atoms with van der Waals surface area (Å²) in [4.78, 5) is 0. The summed E-state index contributed by atoms with van der Waals surface area (Å²) in [5.74, 6) is 0.743. The molecule has 1 fully saturated rings. The lowest BCUT2D eigenvalue weighted by Crippen LogP contribution is -2.44. The predicted molar refractivity (Wildman–Crippen MR) is 60.0 cm³/mol. The van der Waals surface area contributed by atoms with Gasteiger partial charge in [-0.1, -0.05) is 12.8 Å². The van der Waals surface area contributed by atoms with Crippen LogP contribution >= 0.6 is 0 Å². The van der Waals surface area contributed by atoms with Gasteiger partial charge in [0.15, 0.2) is 0 Å². The smallest absolute Gasteiger partial charge is 0.0724 e. The first kappa shape index (κ1) is 12.1. The Labute approximate surface area is 89.1 Å². The van der Waals surface area contributed by atoms with Crippen LogP contribution in [0.15, 0.2) is 0 Å². The molecule has 4 heteroatoms. The quantitative estimate of drug-likeness (QED) is 0.747. The van der Waals surface area contributed by atoms with Crippen LogP contribution in [0.2, 0.25) is 0 Å². The van der Waals surface area contributed by atoms with E-state index in [1.54, 1.807) is 13.4 Å². The zero-order valence-corrected chi connectivity index (χ0v) is 9.94. The summed E-state index contributed by atoms with van der Waals surface area (Å²) in [6, 6.07) is 0.470. The fourth-order valence-corrected chi connectivity index (χ4v) is 2.41. The second-order valence-electron chi connectivity index (χ2n) is 3.90. The standard InChI is InChI=1S/C10H21NO2S/c1-13-10-6-4-3-5-9(10)11-7-8-14(2)12/h9-11H,3-8H2,1-2H3. The molecule has 0 saturated heterocycles. The van der Waals surface area contributed by atoms with Gasteiger partial charge in [0.2, 0.25) is 0 Å². The highest BCUT2D eigenvalue weighted by Gasteiger charge is 2.23. The topological polar surface area (TPSA) is 38.3 Å². The van der Waals surface area contributed by atoms with E-state index in [1.807, 2.05) is 0 Å². The third-order valence-electron chi connectivity index (χ3n) is 2.80. The van der Waals surface area contributed by atoms with Gasteiger partial charge in [-0.05, 0) is 12.8 Å². The Bertz CT molecular complexity index is 187. The number of hydrogen-bond donors (Lipinski definition) is 1. The van der Waals surface area contributed by atoms with Crippen LogP contribution in [0.3, 0.4) is 0 Å². The molecule has 1 saturated carbocycles. The molecule has 0 aromatic carbocycles. The molecule has 0 amide bonds. The lowest BCUT2D eigenvalue weighted by Gasteiger charge is -2.31. The maximum atomic E-state index is 10.9. The SMILES string of the molecule is COC1CCCCC1NCCS(C)=O. The number of ether oxygens (including phenoxy) is 1. The molecule has 1 N–H and O–H groups in total. The van der Waals surface area contributed by atoms with Crippen LogP contribution in [0.5, 0.6) is 0 Å². The summed E-state index contributed by atoms with van der Waals surface area (Å²) < 4.78 is 16.3. The average molecular weight is 219 g/mol. The van der Waals surface area contributed by atoms with Crippen molar-refractivity contribution in [2.24, 2.45) is 0 Å². The Morgan fingerprint density at radius 3 is 2.79 bits per heavy atom. The van der Waals surface area contributed by atoms with Gasteiger partial charge in [-0.15, -0.1) is 0 Å². The molecule has 3 unspecified atom stereocenters. The van der Waals surface area contributed by atoms with Crippen molar-refractivity contribution in [3.63, 3.8) is 0 Å². The lowest BCUT2D eigenvalue weighted by molar-refractivity contribution is 0.0426. The van der Waals surface area contributed by atoms with E-state index in [-0.39, 0.29) is 0 Å². The minimum atomic E-state index is -0.686. The molecule has 0 aliphatic heterocycles. The van der Waals surface area contributed by atoms with Crippen molar-refractivity contribution in [1.29, 1.82) is 0 Å². The maximum absolute atomic E-state index is 10.9. The molecular formula is C10H21NO2S. The summed E-state index contributed by atoms with van der Waals surface area (Å²) >= 11 is 0. The number of methoxy groups -OCH3 is 1. The first-order chi connectivity index (χ1) is 6.74. The number of nitrogens with one attached hydrogen (secondary N) is 1. The van der Waals surface area contributed by atoms with E-state index in [0.29, 0.717) is 12.1 Å². The summed E-state index contributed by atoms with van der Waals surface area (Å²) in [7, 11) is 1.09. The Kier molecular flexibility index (Phi) is 5.67. The fraction of sp³-hybridized carbons (Fsp3) is 1.00. The van der Waals surface area contributed by atoms with Crippen LogP contribution in [-0.4, -0.2) is 42.0 Å². The Morgan fingerprint density at radius 1 is 1.43 bits per heavy atom.